The Morgan fingerprint density at radius 2 is 1.82 bits per heavy atom. The first-order chi connectivity index (χ1) is 7.80. The summed E-state index contributed by atoms with van der Waals surface area (Å²) in [5.74, 6) is 0.0385. The molecule has 0 atom stereocenters. The summed E-state index contributed by atoms with van der Waals surface area (Å²) in [5, 5.41) is 0. The summed E-state index contributed by atoms with van der Waals surface area (Å²) in [6.07, 6.45) is 0.915. The Bertz CT molecular complexity index is 336. The van der Waals surface area contributed by atoms with Crippen LogP contribution < -0.4 is 10.5 Å². The Kier molecular flexibility index (Phi) is 5.21. The van der Waals surface area contributed by atoms with Crippen molar-refractivity contribution in [3.63, 3.8) is 0 Å². The van der Waals surface area contributed by atoms with E-state index in [4.69, 9.17) is 19.9 Å². The smallest absolute Gasteiger partial charge is 0.207 e. The fraction of sp³-hybridized carbons (Fsp3) is 0.500. The van der Waals surface area contributed by atoms with Crippen LogP contribution in [0.2, 0.25) is 0 Å². The summed E-state index contributed by atoms with van der Waals surface area (Å²) in [6, 6.07) is 7.62. The summed E-state index contributed by atoms with van der Waals surface area (Å²) < 4.78 is 16.5. The van der Waals surface area contributed by atoms with Gasteiger partial charge in [-0.3, -0.25) is 0 Å². The maximum atomic E-state index is 5.76. The molecule has 5 heteroatoms. The number of hydrogen-bond acceptors (Lipinski definition) is 4. The van der Waals surface area contributed by atoms with Gasteiger partial charge < -0.3 is 19.9 Å². The number of ether oxygens (including phenoxy) is 3. The van der Waals surface area contributed by atoms with Crippen LogP contribution >= 0.6 is 12.4 Å². The first kappa shape index (κ1) is 14.3. The van der Waals surface area contributed by atoms with Gasteiger partial charge in [-0.25, -0.2) is 0 Å². The predicted molar refractivity (Wildman–Crippen MR) is 67.5 cm³/mol. The molecule has 2 rings (SSSR count). The number of rotatable bonds is 3. The molecule has 0 spiro atoms. The van der Waals surface area contributed by atoms with Crippen molar-refractivity contribution in [2.75, 3.05) is 26.9 Å². The summed E-state index contributed by atoms with van der Waals surface area (Å²) in [6.45, 7) is 1.69. The molecule has 1 aromatic rings. The summed E-state index contributed by atoms with van der Waals surface area (Å²) in [7, 11) is 1.64. The van der Waals surface area contributed by atoms with Crippen LogP contribution in [0.15, 0.2) is 24.3 Å². The van der Waals surface area contributed by atoms with E-state index in [1.807, 2.05) is 24.3 Å². The van der Waals surface area contributed by atoms with E-state index in [1.54, 1.807) is 7.11 Å². The Labute approximate surface area is 107 Å². The van der Waals surface area contributed by atoms with Gasteiger partial charge in [0.2, 0.25) is 5.79 Å². The van der Waals surface area contributed by atoms with Crippen LogP contribution in [0.25, 0.3) is 0 Å². The lowest BCUT2D eigenvalue weighted by molar-refractivity contribution is -0.269. The van der Waals surface area contributed by atoms with Gasteiger partial charge >= 0.3 is 0 Å². The number of hydrogen-bond donors (Lipinski definition) is 1. The third-order valence-corrected chi connectivity index (χ3v) is 2.76. The molecule has 1 fully saturated rings. The molecular weight excluding hydrogens is 242 g/mol. The van der Waals surface area contributed by atoms with E-state index in [2.05, 4.69) is 0 Å². The molecule has 0 bridgehead atoms. The molecule has 1 aliphatic rings. The molecule has 0 saturated carbocycles. The number of methoxy groups -OCH3 is 1. The molecule has 0 aromatic heterocycles. The largest absolute Gasteiger partial charge is 0.497 e. The van der Waals surface area contributed by atoms with Crippen molar-refractivity contribution in [2.45, 2.75) is 12.2 Å². The van der Waals surface area contributed by atoms with Crippen molar-refractivity contribution in [3.05, 3.63) is 29.8 Å². The van der Waals surface area contributed by atoms with Gasteiger partial charge in [0.15, 0.2) is 0 Å². The molecule has 96 valence electrons. The van der Waals surface area contributed by atoms with E-state index in [0.717, 1.165) is 17.7 Å². The van der Waals surface area contributed by atoms with Crippen molar-refractivity contribution in [2.24, 2.45) is 5.73 Å². The first-order valence-electron chi connectivity index (χ1n) is 5.43. The van der Waals surface area contributed by atoms with Gasteiger partial charge in [-0.05, 0) is 30.7 Å². The van der Waals surface area contributed by atoms with E-state index in [-0.39, 0.29) is 12.4 Å². The van der Waals surface area contributed by atoms with Gasteiger partial charge in [0.1, 0.15) is 5.75 Å². The molecule has 1 aromatic carbocycles. The van der Waals surface area contributed by atoms with E-state index < -0.39 is 5.79 Å². The second kappa shape index (κ2) is 6.21. The van der Waals surface area contributed by atoms with Crippen LogP contribution in [-0.2, 0) is 15.3 Å². The Morgan fingerprint density at radius 3 is 2.29 bits per heavy atom. The maximum Gasteiger partial charge on any atom is 0.207 e. The van der Waals surface area contributed by atoms with Gasteiger partial charge in [0.25, 0.3) is 0 Å². The zero-order valence-corrected chi connectivity index (χ0v) is 10.7. The maximum absolute atomic E-state index is 5.76. The third-order valence-electron chi connectivity index (χ3n) is 2.76. The van der Waals surface area contributed by atoms with Crippen LogP contribution in [0.4, 0.5) is 0 Å². The second-order valence-electron chi connectivity index (χ2n) is 3.74. The summed E-state index contributed by atoms with van der Waals surface area (Å²) in [4.78, 5) is 0. The second-order valence-corrected chi connectivity index (χ2v) is 3.74. The van der Waals surface area contributed by atoms with Crippen LogP contribution in [0.5, 0.6) is 5.75 Å². The van der Waals surface area contributed by atoms with Crippen molar-refractivity contribution in [3.8, 4) is 5.75 Å². The SMILES string of the molecule is COc1ccc(C2(CN)OCCCO2)cc1.Cl. The molecule has 0 amide bonds. The number of nitrogens with two attached hydrogens (primary N) is 1. The van der Waals surface area contributed by atoms with Crippen molar-refractivity contribution >= 4 is 12.4 Å². The highest BCUT2D eigenvalue weighted by molar-refractivity contribution is 5.85. The molecule has 0 unspecified atom stereocenters. The molecule has 17 heavy (non-hydrogen) atoms. The average Bonchev–Trinajstić information content (AvgIpc) is 2.39. The Balaban J connectivity index is 0.00000144. The van der Waals surface area contributed by atoms with Gasteiger partial charge in [0.05, 0.1) is 26.9 Å². The molecule has 0 aliphatic carbocycles. The lowest BCUT2D eigenvalue weighted by atomic mass is 10.0. The predicted octanol–water partition coefficient (Wildman–Crippen LogP) is 1.67. The number of halogens is 1. The van der Waals surface area contributed by atoms with Crippen LogP contribution in [-0.4, -0.2) is 26.9 Å². The van der Waals surface area contributed by atoms with Gasteiger partial charge in [-0.1, -0.05) is 0 Å². The topological polar surface area (TPSA) is 53.7 Å². The number of benzene rings is 1. The molecule has 1 aliphatic heterocycles. The Hall–Kier alpha value is -0.810. The zero-order chi connectivity index (χ0) is 11.4. The minimum Gasteiger partial charge on any atom is -0.497 e. The van der Waals surface area contributed by atoms with E-state index in [0.29, 0.717) is 19.8 Å². The van der Waals surface area contributed by atoms with E-state index in [1.165, 1.54) is 0 Å². The highest BCUT2D eigenvalue weighted by Crippen LogP contribution is 2.30. The normalized spacial score (nSPS) is 18.2. The average molecular weight is 260 g/mol. The van der Waals surface area contributed by atoms with Crippen LogP contribution in [0.3, 0.4) is 0 Å². The molecule has 1 heterocycles. The van der Waals surface area contributed by atoms with E-state index in [9.17, 15) is 0 Å². The quantitative estimate of drug-likeness (QED) is 0.897. The minimum absolute atomic E-state index is 0. The molecule has 1 saturated heterocycles. The fourth-order valence-electron chi connectivity index (χ4n) is 1.82. The Morgan fingerprint density at radius 1 is 1.24 bits per heavy atom. The van der Waals surface area contributed by atoms with E-state index >= 15 is 0 Å². The summed E-state index contributed by atoms with van der Waals surface area (Å²) >= 11 is 0. The third kappa shape index (κ3) is 2.90. The van der Waals surface area contributed by atoms with Crippen molar-refractivity contribution in [1.82, 2.24) is 0 Å². The van der Waals surface area contributed by atoms with Gasteiger partial charge in [-0.2, -0.15) is 0 Å². The molecule has 0 radical (unpaired) electrons. The van der Waals surface area contributed by atoms with Crippen molar-refractivity contribution in [1.29, 1.82) is 0 Å². The van der Waals surface area contributed by atoms with Gasteiger partial charge in [-0.15, -0.1) is 12.4 Å². The lowest BCUT2D eigenvalue weighted by Crippen LogP contribution is -2.44. The minimum atomic E-state index is -0.773. The zero-order valence-electron chi connectivity index (χ0n) is 9.85. The standard InChI is InChI=1S/C12H17NO3.ClH/c1-14-11-5-3-10(4-6-11)12(9-13)15-7-2-8-16-12;/h3-6H,2,7-9,13H2,1H3;1H. The highest BCUT2D eigenvalue weighted by Gasteiger charge is 2.35. The van der Waals surface area contributed by atoms with Crippen LogP contribution in [0, 0.1) is 0 Å². The highest BCUT2D eigenvalue weighted by atomic mass is 35.5. The lowest BCUT2D eigenvalue weighted by Gasteiger charge is -2.36. The van der Waals surface area contributed by atoms with Crippen molar-refractivity contribution < 1.29 is 14.2 Å². The monoisotopic (exact) mass is 259 g/mol. The van der Waals surface area contributed by atoms with Gasteiger partial charge in [0, 0.05) is 5.56 Å². The molecule has 4 nitrogen and oxygen atoms in total. The molecular formula is C12H18ClNO3. The fourth-order valence-corrected chi connectivity index (χ4v) is 1.82. The molecule has 2 N–H and O–H groups in total. The first-order valence-corrected chi connectivity index (χ1v) is 5.43. The van der Waals surface area contributed by atoms with Crippen LogP contribution in [0.1, 0.15) is 12.0 Å². The summed E-state index contributed by atoms with van der Waals surface area (Å²) in [5.41, 5.74) is 6.70.